The van der Waals surface area contributed by atoms with E-state index in [1.165, 1.54) is 22.3 Å². The molecule has 242 valence electrons. The number of halogens is 1. The summed E-state index contributed by atoms with van der Waals surface area (Å²) in [5.41, 5.74) is 7.97. The van der Waals surface area contributed by atoms with Crippen LogP contribution in [0.5, 0.6) is 11.5 Å². The first-order chi connectivity index (χ1) is 21.7. The molecule has 0 saturated carbocycles. The van der Waals surface area contributed by atoms with Crippen LogP contribution in [0.1, 0.15) is 59.9 Å². The fourth-order valence-corrected chi connectivity index (χ4v) is 7.16. The van der Waals surface area contributed by atoms with Crippen LogP contribution in [0.25, 0.3) is 11.1 Å². The number of aliphatic carboxylic acids is 1. The number of ether oxygens (including phenoxy) is 2. The maximum Gasteiger partial charge on any atom is 0.320 e. The molecule has 2 aliphatic rings. The molecule has 2 heterocycles. The second-order valence-corrected chi connectivity index (χ2v) is 12.9. The standard InChI is InChI=1S/C37H47ClN2O5/c1-25-27(14-15-28-22-36(44-3)29(21-33(28)38)23-40-18-5-4-12-34(40)37(42)43)9-6-10-31(25)32-11-7-13-35(26(32)2)45-20-8-17-39-19-16-30(41)24-39/h6-7,9-11,13,21-22,30,34,41H,4-5,8,12,14-20,23-24H2,1-3H3,(H,42,43). The minimum absolute atomic E-state index is 0.186. The van der Waals surface area contributed by atoms with E-state index >= 15 is 0 Å². The summed E-state index contributed by atoms with van der Waals surface area (Å²) in [6.07, 6.45) is 5.81. The molecule has 8 heteroatoms. The Morgan fingerprint density at radius 1 is 0.933 bits per heavy atom. The molecule has 0 bridgehead atoms. The van der Waals surface area contributed by atoms with Crippen molar-refractivity contribution in [1.29, 1.82) is 0 Å². The number of β-amino-alcohol motifs (C(OH)–C–C–N with tert-alkyl or cyclic N) is 1. The molecule has 2 fully saturated rings. The van der Waals surface area contributed by atoms with Crippen LogP contribution in [-0.2, 0) is 24.2 Å². The zero-order chi connectivity index (χ0) is 31.9. The molecule has 5 rings (SSSR count). The van der Waals surface area contributed by atoms with Gasteiger partial charge >= 0.3 is 5.97 Å². The molecule has 2 unspecified atom stereocenters. The van der Waals surface area contributed by atoms with Crippen LogP contribution in [0, 0.1) is 13.8 Å². The van der Waals surface area contributed by atoms with Crippen LogP contribution in [0.2, 0.25) is 5.02 Å². The number of nitrogens with zero attached hydrogens (tertiary/aromatic N) is 2. The van der Waals surface area contributed by atoms with E-state index in [1.54, 1.807) is 7.11 Å². The topological polar surface area (TPSA) is 82.5 Å². The van der Waals surface area contributed by atoms with Crippen LogP contribution in [0.3, 0.4) is 0 Å². The average molecular weight is 635 g/mol. The third-order valence-electron chi connectivity index (χ3n) is 9.53. The maximum absolute atomic E-state index is 11.8. The molecule has 0 aliphatic carbocycles. The minimum Gasteiger partial charge on any atom is -0.496 e. The van der Waals surface area contributed by atoms with Gasteiger partial charge in [0.25, 0.3) is 0 Å². The summed E-state index contributed by atoms with van der Waals surface area (Å²) in [6, 6.07) is 16.3. The number of hydrogen-bond donors (Lipinski definition) is 2. The van der Waals surface area contributed by atoms with Gasteiger partial charge in [0.15, 0.2) is 0 Å². The fourth-order valence-electron chi connectivity index (χ4n) is 6.88. The van der Waals surface area contributed by atoms with Crippen molar-refractivity contribution in [2.24, 2.45) is 0 Å². The molecule has 45 heavy (non-hydrogen) atoms. The van der Waals surface area contributed by atoms with E-state index in [2.05, 4.69) is 49.1 Å². The number of rotatable bonds is 13. The smallest absolute Gasteiger partial charge is 0.320 e. The molecule has 0 aromatic heterocycles. The Bertz CT molecular complexity index is 1480. The van der Waals surface area contributed by atoms with Crippen molar-refractivity contribution in [2.45, 2.75) is 77.5 Å². The van der Waals surface area contributed by atoms with Crippen molar-refractivity contribution >= 4 is 17.6 Å². The van der Waals surface area contributed by atoms with Crippen molar-refractivity contribution in [3.63, 3.8) is 0 Å². The first kappa shape index (κ1) is 33.3. The average Bonchev–Trinajstić information content (AvgIpc) is 3.45. The highest BCUT2D eigenvalue weighted by molar-refractivity contribution is 6.31. The lowest BCUT2D eigenvalue weighted by atomic mass is 9.91. The molecule has 0 amide bonds. The maximum atomic E-state index is 11.8. The van der Waals surface area contributed by atoms with Gasteiger partial charge in [-0.25, -0.2) is 0 Å². The normalized spacial score (nSPS) is 19.1. The Hall–Kier alpha value is -3.10. The van der Waals surface area contributed by atoms with E-state index in [1.807, 2.05) is 23.1 Å². The fraction of sp³-hybridized carbons (Fsp3) is 0.486. The van der Waals surface area contributed by atoms with Gasteiger partial charge < -0.3 is 24.6 Å². The molecular weight excluding hydrogens is 588 g/mol. The second-order valence-electron chi connectivity index (χ2n) is 12.5. The number of piperidine rings is 1. The molecule has 7 nitrogen and oxygen atoms in total. The van der Waals surface area contributed by atoms with Crippen molar-refractivity contribution < 1.29 is 24.5 Å². The highest BCUT2D eigenvalue weighted by Gasteiger charge is 2.29. The lowest BCUT2D eigenvalue weighted by Crippen LogP contribution is -2.44. The SMILES string of the molecule is COc1cc(CCc2cccc(-c3cccc(OCCCN4CCC(O)C4)c3C)c2C)c(Cl)cc1CN1CCCCC1C(=O)O. The quantitative estimate of drug-likeness (QED) is 0.203. The van der Waals surface area contributed by atoms with E-state index in [0.717, 1.165) is 92.9 Å². The molecule has 0 spiro atoms. The summed E-state index contributed by atoms with van der Waals surface area (Å²) in [7, 11) is 1.66. The largest absolute Gasteiger partial charge is 0.496 e. The third kappa shape index (κ3) is 8.20. The summed E-state index contributed by atoms with van der Waals surface area (Å²) in [4.78, 5) is 16.1. The van der Waals surface area contributed by atoms with Crippen molar-refractivity contribution in [3.8, 4) is 22.6 Å². The predicted octanol–water partition coefficient (Wildman–Crippen LogP) is 6.69. The first-order valence-electron chi connectivity index (χ1n) is 16.3. The van der Waals surface area contributed by atoms with Crippen LogP contribution < -0.4 is 9.47 Å². The van der Waals surface area contributed by atoms with Gasteiger partial charge in [0.2, 0.25) is 0 Å². The Morgan fingerprint density at radius 2 is 1.69 bits per heavy atom. The molecular formula is C37H47ClN2O5. The van der Waals surface area contributed by atoms with Gasteiger partial charge in [0.05, 0.1) is 19.8 Å². The lowest BCUT2D eigenvalue weighted by molar-refractivity contribution is -0.144. The second kappa shape index (κ2) is 15.5. The van der Waals surface area contributed by atoms with E-state index in [9.17, 15) is 15.0 Å². The van der Waals surface area contributed by atoms with Crippen LogP contribution in [-0.4, -0.2) is 78.0 Å². The van der Waals surface area contributed by atoms with Gasteiger partial charge in [0, 0.05) is 36.8 Å². The number of likely N-dealkylation sites (tertiary alicyclic amines) is 2. The highest BCUT2D eigenvalue weighted by Crippen LogP contribution is 2.35. The van der Waals surface area contributed by atoms with E-state index in [4.69, 9.17) is 21.1 Å². The molecule has 2 N–H and O–H groups in total. The van der Waals surface area contributed by atoms with Gasteiger partial charge in [-0.2, -0.15) is 0 Å². The van der Waals surface area contributed by atoms with Gasteiger partial charge in [-0.05, 0) is 110 Å². The minimum atomic E-state index is -0.765. The van der Waals surface area contributed by atoms with Gasteiger partial charge in [-0.3, -0.25) is 9.69 Å². The lowest BCUT2D eigenvalue weighted by Gasteiger charge is -2.33. The summed E-state index contributed by atoms with van der Waals surface area (Å²) in [5, 5.41) is 20.1. The zero-order valence-electron chi connectivity index (χ0n) is 26.9. The number of benzene rings is 3. The van der Waals surface area contributed by atoms with Gasteiger partial charge in [-0.15, -0.1) is 0 Å². The Balaban J connectivity index is 1.25. The molecule has 0 radical (unpaired) electrons. The highest BCUT2D eigenvalue weighted by atomic mass is 35.5. The Kier molecular flexibility index (Phi) is 11.4. The molecule has 3 aromatic rings. The number of aliphatic hydroxyl groups is 1. The van der Waals surface area contributed by atoms with Crippen molar-refractivity contribution in [1.82, 2.24) is 9.80 Å². The van der Waals surface area contributed by atoms with Gasteiger partial charge in [-0.1, -0.05) is 48.4 Å². The number of hydrogen-bond acceptors (Lipinski definition) is 6. The van der Waals surface area contributed by atoms with E-state index < -0.39 is 12.0 Å². The third-order valence-corrected chi connectivity index (χ3v) is 9.88. The summed E-state index contributed by atoms with van der Waals surface area (Å²) < 4.78 is 12.0. The van der Waals surface area contributed by atoms with Crippen molar-refractivity contribution in [2.75, 3.05) is 39.9 Å². The number of aliphatic hydroxyl groups excluding tert-OH is 1. The Morgan fingerprint density at radius 3 is 2.42 bits per heavy atom. The molecule has 2 aliphatic heterocycles. The number of aryl methyl sites for hydroxylation is 2. The van der Waals surface area contributed by atoms with Crippen molar-refractivity contribution in [3.05, 3.63) is 81.4 Å². The first-order valence-corrected chi connectivity index (χ1v) is 16.7. The number of carbonyl (C=O) groups is 1. The summed E-state index contributed by atoms with van der Waals surface area (Å²) in [6.45, 7) is 8.90. The zero-order valence-corrected chi connectivity index (χ0v) is 27.6. The predicted molar refractivity (Wildman–Crippen MR) is 180 cm³/mol. The monoisotopic (exact) mass is 634 g/mol. The summed E-state index contributed by atoms with van der Waals surface area (Å²) >= 11 is 6.82. The summed E-state index contributed by atoms with van der Waals surface area (Å²) in [5.74, 6) is 0.899. The van der Waals surface area contributed by atoms with Crippen LogP contribution >= 0.6 is 11.6 Å². The molecule has 3 aromatic carbocycles. The van der Waals surface area contributed by atoms with Crippen LogP contribution in [0.15, 0.2) is 48.5 Å². The van der Waals surface area contributed by atoms with E-state index in [0.29, 0.717) is 24.6 Å². The Labute approximate surface area is 272 Å². The number of carboxylic acid groups (broad SMARTS) is 1. The van der Waals surface area contributed by atoms with Gasteiger partial charge in [0.1, 0.15) is 17.5 Å². The van der Waals surface area contributed by atoms with Crippen LogP contribution in [0.4, 0.5) is 0 Å². The number of carboxylic acids is 1. The molecule has 2 saturated heterocycles. The van der Waals surface area contributed by atoms with E-state index in [-0.39, 0.29) is 6.10 Å². The number of methoxy groups -OCH3 is 1. The molecule has 2 atom stereocenters.